The average Bonchev–Trinajstić information content (AvgIpc) is 2.87. The van der Waals surface area contributed by atoms with Crippen LogP contribution >= 0.6 is 11.6 Å². The summed E-state index contributed by atoms with van der Waals surface area (Å²) in [6.45, 7) is 1.58. The number of hydrogen-bond acceptors (Lipinski definition) is 2. The molecule has 1 amide bonds. The van der Waals surface area contributed by atoms with Crippen LogP contribution in [0.15, 0.2) is 24.3 Å². The van der Waals surface area contributed by atoms with Crippen LogP contribution in [-0.4, -0.2) is 36.9 Å². The van der Waals surface area contributed by atoms with E-state index < -0.39 is 0 Å². The summed E-state index contributed by atoms with van der Waals surface area (Å²) in [7, 11) is 1.61. The van der Waals surface area contributed by atoms with Crippen molar-refractivity contribution in [1.82, 2.24) is 4.90 Å². The van der Waals surface area contributed by atoms with Crippen LogP contribution in [0.25, 0.3) is 0 Å². The van der Waals surface area contributed by atoms with E-state index in [1.54, 1.807) is 19.2 Å². The minimum atomic E-state index is 0.0836. The molecule has 0 spiro atoms. The summed E-state index contributed by atoms with van der Waals surface area (Å²) in [5.74, 6) is 1.92. The molecule has 0 N–H and O–H groups in total. The Morgan fingerprint density at radius 1 is 1.47 bits per heavy atom. The minimum Gasteiger partial charge on any atom is -0.497 e. The zero-order chi connectivity index (χ0) is 12.3. The second kappa shape index (κ2) is 5.41. The molecule has 1 aromatic rings. The Bertz CT molecular complexity index is 391. The minimum absolute atomic E-state index is 0.0836. The SMILES string of the molecule is COc1ccc(C(=O)N2CCC(CCl)C2)cc1. The van der Waals surface area contributed by atoms with Crippen molar-refractivity contribution in [2.24, 2.45) is 5.92 Å². The Morgan fingerprint density at radius 2 is 2.18 bits per heavy atom. The Hall–Kier alpha value is -1.22. The van der Waals surface area contributed by atoms with Crippen molar-refractivity contribution < 1.29 is 9.53 Å². The van der Waals surface area contributed by atoms with Crippen LogP contribution in [0.5, 0.6) is 5.75 Å². The van der Waals surface area contributed by atoms with Crippen molar-refractivity contribution in [3.05, 3.63) is 29.8 Å². The number of amides is 1. The first kappa shape index (κ1) is 12.2. The van der Waals surface area contributed by atoms with Gasteiger partial charge in [0.15, 0.2) is 0 Å². The summed E-state index contributed by atoms with van der Waals surface area (Å²) >= 11 is 5.81. The van der Waals surface area contributed by atoms with E-state index in [1.165, 1.54) is 0 Å². The van der Waals surface area contributed by atoms with E-state index in [0.29, 0.717) is 17.4 Å². The maximum atomic E-state index is 12.2. The molecule has 1 unspecified atom stereocenters. The molecule has 1 heterocycles. The lowest BCUT2D eigenvalue weighted by Crippen LogP contribution is -2.28. The fraction of sp³-hybridized carbons (Fsp3) is 0.462. The number of likely N-dealkylation sites (tertiary alicyclic amines) is 1. The Balaban J connectivity index is 2.04. The zero-order valence-electron chi connectivity index (χ0n) is 9.86. The molecule has 1 fully saturated rings. The molecular formula is C13H16ClNO2. The molecule has 0 saturated carbocycles. The van der Waals surface area contributed by atoms with Crippen LogP contribution in [0, 0.1) is 5.92 Å². The van der Waals surface area contributed by atoms with Gasteiger partial charge in [-0.1, -0.05) is 0 Å². The molecule has 2 rings (SSSR count). The third-order valence-electron chi connectivity index (χ3n) is 3.13. The van der Waals surface area contributed by atoms with Crippen molar-refractivity contribution in [2.45, 2.75) is 6.42 Å². The topological polar surface area (TPSA) is 29.5 Å². The molecule has 1 aliphatic rings. The van der Waals surface area contributed by atoms with Gasteiger partial charge in [-0.3, -0.25) is 4.79 Å². The van der Waals surface area contributed by atoms with Crippen LogP contribution in [0.4, 0.5) is 0 Å². The summed E-state index contributed by atoms with van der Waals surface area (Å²) in [6.07, 6.45) is 1.01. The fourth-order valence-electron chi connectivity index (χ4n) is 2.06. The number of benzene rings is 1. The lowest BCUT2D eigenvalue weighted by Gasteiger charge is -2.16. The Labute approximate surface area is 106 Å². The quantitative estimate of drug-likeness (QED) is 0.775. The number of alkyl halides is 1. The predicted octanol–water partition coefficient (Wildman–Crippen LogP) is 2.40. The van der Waals surface area contributed by atoms with E-state index >= 15 is 0 Å². The maximum Gasteiger partial charge on any atom is 0.253 e. The maximum absolute atomic E-state index is 12.2. The molecule has 1 saturated heterocycles. The third kappa shape index (κ3) is 2.72. The number of hydrogen-bond donors (Lipinski definition) is 0. The number of halogens is 1. The molecule has 1 aromatic carbocycles. The number of methoxy groups -OCH3 is 1. The lowest BCUT2D eigenvalue weighted by atomic mass is 10.1. The molecule has 1 aliphatic heterocycles. The number of ether oxygens (including phenoxy) is 1. The Morgan fingerprint density at radius 3 is 2.71 bits per heavy atom. The van der Waals surface area contributed by atoms with Gasteiger partial charge < -0.3 is 9.64 Å². The van der Waals surface area contributed by atoms with E-state index in [2.05, 4.69) is 0 Å². The highest BCUT2D eigenvalue weighted by Crippen LogP contribution is 2.20. The molecule has 92 valence electrons. The van der Waals surface area contributed by atoms with Gasteiger partial charge in [0.25, 0.3) is 5.91 Å². The largest absolute Gasteiger partial charge is 0.497 e. The van der Waals surface area contributed by atoms with Crippen molar-refractivity contribution >= 4 is 17.5 Å². The zero-order valence-corrected chi connectivity index (χ0v) is 10.6. The predicted molar refractivity (Wildman–Crippen MR) is 67.7 cm³/mol. The smallest absolute Gasteiger partial charge is 0.253 e. The Kier molecular flexibility index (Phi) is 3.89. The first-order chi connectivity index (χ1) is 8.24. The second-order valence-electron chi connectivity index (χ2n) is 4.29. The van der Waals surface area contributed by atoms with E-state index in [9.17, 15) is 4.79 Å². The van der Waals surface area contributed by atoms with Gasteiger partial charge >= 0.3 is 0 Å². The van der Waals surface area contributed by atoms with Crippen molar-refractivity contribution in [3.63, 3.8) is 0 Å². The van der Waals surface area contributed by atoms with E-state index in [4.69, 9.17) is 16.3 Å². The standard InChI is InChI=1S/C13H16ClNO2/c1-17-12-4-2-11(3-5-12)13(16)15-7-6-10(8-14)9-15/h2-5,10H,6-9H2,1H3. The molecule has 4 heteroatoms. The summed E-state index contributed by atoms with van der Waals surface area (Å²) in [6, 6.07) is 7.22. The van der Waals surface area contributed by atoms with Crippen LogP contribution in [0.3, 0.4) is 0 Å². The van der Waals surface area contributed by atoms with Gasteiger partial charge in [0, 0.05) is 24.5 Å². The highest BCUT2D eigenvalue weighted by atomic mass is 35.5. The fourth-order valence-corrected chi connectivity index (χ4v) is 2.31. The van der Waals surface area contributed by atoms with Crippen LogP contribution in [0.2, 0.25) is 0 Å². The first-order valence-corrected chi connectivity index (χ1v) is 6.27. The normalized spacial score (nSPS) is 19.4. The molecule has 0 radical (unpaired) electrons. The van der Waals surface area contributed by atoms with Crippen LogP contribution in [0.1, 0.15) is 16.8 Å². The molecule has 0 aliphatic carbocycles. The average molecular weight is 254 g/mol. The molecule has 17 heavy (non-hydrogen) atoms. The van der Waals surface area contributed by atoms with Gasteiger partial charge in [-0.2, -0.15) is 0 Å². The second-order valence-corrected chi connectivity index (χ2v) is 4.60. The summed E-state index contributed by atoms with van der Waals surface area (Å²) in [5, 5.41) is 0. The molecule has 1 atom stereocenters. The van der Waals surface area contributed by atoms with Gasteiger partial charge in [-0.25, -0.2) is 0 Å². The van der Waals surface area contributed by atoms with E-state index in [0.717, 1.165) is 25.3 Å². The van der Waals surface area contributed by atoms with Gasteiger partial charge in [0.1, 0.15) is 5.75 Å². The third-order valence-corrected chi connectivity index (χ3v) is 3.56. The van der Waals surface area contributed by atoms with Crippen molar-refractivity contribution in [1.29, 1.82) is 0 Å². The number of nitrogens with zero attached hydrogens (tertiary/aromatic N) is 1. The first-order valence-electron chi connectivity index (χ1n) is 5.74. The molecule has 0 bridgehead atoms. The molecular weight excluding hydrogens is 238 g/mol. The van der Waals surface area contributed by atoms with Crippen LogP contribution in [-0.2, 0) is 0 Å². The summed E-state index contributed by atoms with van der Waals surface area (Å²) in [4.78, 5) is 14.0. The molecule has 3 nitrogen and oxygen atoms in total. The van der Waals surface area contributed by atoms with Crippen molar-refractivity contribution in [3.8, 4) is 5.75 Å². The van der Waals surface area contributed by atoms with Gasteiger partial charge in [0.2, 0.25) is 0 Å². The van der Waals surface area contributed by atoms with Crippen LogP contribution < -0.4 is 4.74 Å². The van der Waals surface area contributed by atoms with Gasteiger partial charge in [-0.15, -0.1) is 11.6 Å². The number of carbonyl (C=O) groups is 1. The molecule has 0 aromatic heterocycles. The summed E-state index contributed by atoms with van der Waals surface area (Å²) < 4.78 is 5.07. The number of carbonyl (C=O) groups excluding carboxylic acids is 1. The van der Waals surface area contributed by atoms with Gasteiger partial charge in [0.05, 0.1) is 7.11 Å². The van der Waals surface area contributed by atoms with Gasteiger partial charge in [-0.05, 0) is 36.6 Å². The lowest BCUT2D eigenvalue weighted by molar-refractivity contribution is 0.0788. The van der Waals surface area contributed by atoms with E-state index in [1.807, 2.05) is 17.0 Å². The number of rotatable bonds is 3. The van der Waals surface area contributed by atoms with Crippen molar-refractivity contribution in [2.75, 3.05) is 26.1 Å². The van der Waals surface area contributed by atoms with E-state index in [-0.39, 0.29) is 5.91 Å². The monoisotopic (exact) mass is 253 g/mol. The highest BCUT2D eigenvalue weighted by Gasteiger charge is 2.26. The summed E-state index contributed by atoms with van der Waals surface area (Å²) in [5.41, 5.74) is 0.709. The highest BCUT2D eigenvalue weighted by molar-refractivity contribution is 6.18.